The van der Waals surface area contributed by atoms with Crippen LogP contribution >= 0.6 is 11.3 Å². The smallest absolute Gasteiger partial charge is 0.291 e. The van der Waals surface area contributed by atoms with Crippen LogP contribution in [0.25, 0.3) is 0 Å². The predicted molar refractivity (Wildman–Crippen MR) is 157 cm³/mol. The van der Waals surface area contributed by atoms with Gasteiger partial charge in [0.15, 0.2) is 9.84 Å². The number of sulfone groups is 1. The molecule has 0 aliphatic carbocycles. The summed E-state index contributed by atoms with van der Waals surface area (Å²) in [5.41, 5.74) is 0.566. The molecule has 2 rings (SSSR count). The van der Waals surface area contributed by atoms with Crippen LogP contribution < -0.4 is 5.32 Å². The monoisotopic (exact) mass is 572 g/mol. The highest BCUT2D eigenvalue weighted by Crippen LogP contribution is 2.43. The highest BCUT2D eigenvalue weighted by molar-refractivity contribution is 7.96. The van der Waals surface area contributed by atoms with E-state index in [1.807, 2.05) is 6.92 Å². The lowest BCUT2D eigenvalue weighted by atomic mass is 10.1. The van der Waals surface area contributed by atoms with Crippen molar-refractivity contribution in [2.24, 2.45) is 4.40 Å². The van der Waals surface area contributed by atoms with Crippen molar-refractivity contribution >= 4 is 37.4 Å². The predicted octanol–water partition coefficient (Wildman–Crippen LogP) is 7.76. The largest absolute Gasteiger partial charge is 0.310 e. The van der Waals surface area contributed by atoms with Crippen molar-refractivity contribution in [3.63, 3.8) is 0 Å². The van der Waals surface area contributed by atoms with E-state index in [2.05, 4.69) is 28.8 Å². The molecule has 0 fully saturated rings. The maximum atomic E-state index is 12.8. The Bertz CT molecular complexity index is 1060. The molecular weight excluding hydrogens is 525 g/mol. The molecule has 0 spiro atoms. The molecule has 2 heterocycles. The lowest BCUT2D eigenvalue weighted by Crippen LogP contribution is -2.33. The highest BCUT2D eigenvalue weighted by atomic mass is 32.3. The standard InChI is InChI=1S/C28H48N2O4S3/c1-4-6-7-8-9-10-11-12-13-14-15-16-17-18-19-20-21-30-37(33,34)27-23-25-26(29-5-2)22-24(3)36(31,32)28(25)35-27/h12-13,21,23-24,26,29H,4-11,14-20,22H2,1-3H3/b13-12+,30-21-/t24-,26-/m0/s1. The van der Waals surface area contributed by atoms with E-state index in [0.717, 1.165) is 37.0 Å². The van der Waals surface area contributed by atoms with Crippen molar-refractivity contribution in [2.45, 2.75) is 137 Å². The van der Waals surface area contributed by atoms with E-state index in [4.69, 9.17) is 0 Å². The molecule has 0 radical (unpaired) electrons. The second-order valence-corrected chi connectivity index (χ2v) is 15.6. The zero-order valence-electron chi connectivity index (χ0n) is 23.1. The molecule has 9 heteroatoms. The van der Waals surface area contributed by atoms with E-state index in [9.17, 15) is 16.8 Å². The first-order valence-electron chi connectivity index (χ1n) is 14.3. The second kappa shape index (κ2) is 16.8. The van der Waals surface area contributed by atoms with Gasteiger partial charge < -0.3 is 5.32 Å². The quantitative estimate of drug-likeness (QED) is 0.104. The average molecular weight is 573 g/mol. The van der Waals surface area contributed by atoms with E-state index < -0.39 is 25.1 Å². The van der Waals surface area contributed by atoms with Crippen LogP contribution in [-0.4, -0.2) is 34.8 Å². The van der Waals surface area contributed by atoms with Crippen molar-refractivity contribution in [2.75, 3.05) is 6.54 Å². The van der Waals surface area contributed by atoms with Gasteiger partial charge in [-0.25, -0.2) is 8.42 Å². The minimum absolute atomic E-state index is 0.0128. The lowest BCUT2D eigenvalue weighted by Gasteiger charge is -2.27. The third kappa shape index (κ3) is 10.6. The van der Waals surface area contributed by atoms with Gasteiger partial charge in [0, 0.05) is 17.8 Å². The number of thiophene rings is 1. The summed E-state index contributed by atoms with van der Waals surface area (Å²) in [5.74, 6) is 0. The van der Waals surface area contributed by atoms with Crippen LogP contribution in [0.1, 0.15) is 129 Å². The zero-order valence-corrected chi connectivity index (χ0v) is 25.5. The summed E-state index contributed by atoms with van der Waals surface area (Å²) in [6.45, 7) is 6.57. The Labute approximate surface area is 230 Å². The Kier molecular flexibility index (Phi) is 14.6. The number of rotatable bonds is 19. The molecular formula is C28H48N2O4S3. The molecule has 37 heavy (non-hydrogen) atoms. The summed E-state index contributed by atoms with van der Waals surface area (Å²) < 4.78 is 55.1. The molecule has 212 valence electrons. The van der Waals surface area contributed by atoms with E-state index in [1.165, 1.54) is 70.1 Å². The summed E-state index contributed by atoms with van der Waals surface area (Å²) in [4.78, 5) is 0. The molecule has 0 unspecified atom stereocenters. The molecule has 0 bridgehead atoms. The molecule has 1 aliphatic heterocycles. The zero-order chi connectivity index (χ0) is 27.2. The maximum Gasteiger partial charge on any atom is 0.291 e. The van der Waals surface area contributed by atoms with E-state index in [1.54, 1.807) is 6.92 Å². The first-order chi connectivity index (χ1) is 17.7. The van der Waals surface area contributed by atoms with Gasteiger partial charge in [0.1, 0.15) is 8.42 Å². The van der Waals surface area contributed by atoms with Crippen LogP contribution in [-0.2, 0) is 19.9 Å². The Balaban J connectivity index is 1.67. The molecule has 1 aliphatic rings. The molecule has 2 atom stereocenters. The summed E-state index contributed by atoms with van der Waals surface area (Å²) in [7, 11) is -7.40. The molecule has 0 saturated heterocycles. The van der Waals surface area contributed by atoms with Gasteiger partial charge in [0.05, 0.1) is 5.25 Å². The fourth-order valence-corrected chi connectivity index (χ4v) is 9.57. The summed E-state index contributed by atoms with van der Waals surface area (Å²) in [5, 5.41) is 2.74. The minimum Gasteiger partial charge on any atom is -0.310 e. The van der Waals surface area contributed by atoms with Gasteiger partial charge in [-0.3, -0.25) is 0 Å². The second-order valence-electron chi connectivity index (χ2n) is 10.1. The van der Waals surface area contributed by atoms with Crippen molar-refractivity contribution in [1.82, 2.24) is 5.32 Å². The van der Waals surface area contributed by atoms with Crippen molar-refractivity contribution in [3.8, 4) is 0 Å². The van der Waals surface area contributed by atoms with Crippen LogP contribution in [0, 0.1) is 0 Å². The van der Waals surface area contributed by atoms with E-state index in [-0.39, 0.29) is 14.5 Å². The maximum absolute atomic E-state index is 12.8. The van der Waals surface area contributed by atoms with E-state index in [0.29, 0.717) is 24.9 Å². The number of hydrogen-bond acceptors (Lipinski definition) is 6. The SMILES string of the molecule is CCCCCCCC/C=C/CCCCCCC/C=N\S(=O)(=O)c1cc2c(s1)S(=O)(=O)[C@@H](C)C[C@@H]2NCC. The van der Waals surface area contributed by atoms with Crippen LogP contribution in [0.2, 0.25) is 0 Å². The summed E-state index contributed by atoms with van der Waals surface area (Å²) >= 11 is 0.837. The third-order valence-electron chi connectivity index (χ3n) is 6.95. The van der Waals surface area contributed by atoms with Crippen molar-refractivity contribution in [1.29, 1.82) is 0 Å². The van der Waals surface area contributed by atoms with Crippen molar-refractivity contribution in [3.05, 3.63) is 23.8 Å². The van der Waals surface area contributed by atoms with Gasteiger partial charge in [-0.1, -0.05) is 77.4 Å². The topological polar surface area (TPSA) is 92.7 Å². The molecule has 1 aromatic heterocycles. The van der Waals surface area contributed by atoms with Gasteiger partial charge in [-0.15, -0.1) is 11.3 Å². The Morgan fingerprint density at radius 2 is 1.51 bits per heavy atom. The van der Waals surface area contributed by atoms with Crippen molar-refractivity contribution < 1.29 is 16.8 Å². The number of fused-ring (bicyclic) bond motifs is 1. The first-order valence-corrected chi connectivity index (χ1v) is 18.1. The lowest BCUT2D eigenvalue weighted by molar-refractivity contribution is 0.477. The number of nitrogens with one attached hydrogen (secondary N) is 1. The Hall–Kier alpha value is -1.03. The average Bonchev–Trinajstić information content (AvgIpc) is 3.33. The van der Waals surface area contributed by atoms with Crippen LogP contribution in [0.15, 0.2) is 31.0 Å². The molecule has 0 aromatic carbocycles. The fourth-order valence-electron chi connectivity index (χ4n) is 4.68. The van der Waals surface area contributed by atoms with Crippen LogP contribution in [0.5, 0.6) is 0 Å². The normalized spacial score (nSPS) is 19.6. The van der Waals surface area contributed by atoms with Gasteiger partial charge in [0.2, 0.25) is 0 Å². The summed E-state index contributed by atoms with van der Waals surface area (Å²) in [6.07, 6.45) is 23.1. The first kappa shape index (κ1) is 32.2. The minimum atomic E-state index is -3.89. The van der Waals surface area contributed by atoms with Gasteiger partial charge in [0.25, 0.3) is 10.0 Å². The third-order valence-corrected chi connectivity index (χ3v) is 12.6. The Morgan fingerprint density at radius 1 is 0.946 bits per heavy atom. The molecule has 1 N–H and O–H groups in total. The van der Waals surface area contributed by atoms with Gasteiger partial charge >= 0.3 is 0 Å². The number of nitrogens with zero attached hydrogens (tertiary/aromatic N) is 1. The molecule has 1 aromatic rings. The molecule has 0 saturated carbocycles. The fraction of sp³-hybridized carbons (Fsp3) is 0.750. The van der Waals surface area contributed by atoms with Crippen LogP contribution in [0.4, 0.5) is 0 Å². The highest BCUT2D eigenvalue weighted by Gasteiger charge is 2.39. The number of unbranched alkanes of at least 4 members (excludes halogenated alkanes) is 12. The number of hydrogen-bond donors (Lipinski definition) is 1. The summed E-state index contributed by atoms with van der Waals surface area (Å²) in [6, 6.07) is 1.35. The van der Waals surface area contributed by atoms with Gasteiger partial charge in [-0.05, 0) is 64.5 Å². The molecule has 0 amide bonds. The van der Waals surface area contributed by atoms with Crippen LogP contribution in [0.3, 0.4) is 0 Å². The molecule has 6 nitrogen and oxygen atoms in total. The number of allylic oxidation sites excluding steroid dienone is 2. The number of sulfonamides is 1. The van der Waals surface area contributed by atoms with E-state index >= 15 is 0 Å². The Morgan fingerprint density at radius 3 is 2.11 bits per heavy atom. The van der Waals surface area contributed by atoms with Gasteiger partial charge in [-0.2, -0.15) is 12.8 Å².